The fourth-order valence-corrected chi connectivity index (χ4v) is 2.54. The topological polar surface area (TPSA) is 38.3 Å². The molecule has 0 unspecified atom stereocenters. The van der Waals surface area contributed by atoms with Gasteiger partial charge in [0, 0.05) is 11.8 Å². The Balaban J connectivity index is 1.74. The number of ether oxygens (including phenoxy) is 1. The summed E-state index contributed by atoms with van der Waals surface area (Å²) in [4.78, 5) is 12.8. The highest BCUT2D eigenvalue weighted by atomic mass is 16.5. The number of nitrogens with one attached hydrogen (secondary N) is 1. The molecule has 0 aliphatic rings. The second kappa shape index (κ2) is 7.22. The van der Waals surface area contributed by atoms with Crippen LogP contribution in [0, 0.1) is 0 Å². The van der Waals surface area contributed by atoms with E-state index in [0.717, 1.165) is 11.3 Å². The Morgan fingerprint density at radius 1 is 0.800 bits per heavy atom. The van der Waals surface area contributed by atoms with Gasteiger partial charge in [0.25, 0.3) is 0 Å². The number of hydrogen-bond donors (Lipinski definition) is 1. The highest BCUT2D eigenvalue weighted by Crippen LogP contribution is 2.27. The molecule has 0 fully saturated rings. The molecule has 0 aliphatic carbocycles. The first-order valence-corrected chi connectivity index (χ1v) is 8.26. The van der Waals surface area contributed by atoms with E-state index in [2.05, 4.69) is 5.32 Å². The number of rotatable bonds is 5. The highest BCUT2D eigenvalue weighted by molar-refractivity contribution is 5.98. The van der Waals surface area contributed by atoms with Crippen LogP contribution in [0.1, 0.15) is 19.4 Å². The molecule has 1 amide bonds. The maximum atomic E-state index is 12.8. The van der Waals surface area contributed by atoms with Gasteiger partial charge in [0.05, 0.1) is 5.41 Å². The second-order valence-electron chi connectivity index (χ2n) is 6.39. The Morgan fingerprint density at radius 3 is 2.08 bits per heavy atom. The molecule has 0 aliphatic heterocycles. The van der Waals surface area contributed by atoms with Crippen LogP contribution in [-0.2, 0) is 10.2 Å². The number of amides is 1. The second-order valence-corrected chi connectivity index (χ2v) is 6.39. The maximum absolute atomic E-state index is 12.8. The zero-order valence-electron chi connectivity index (χ0n) is 14.4. The molecule has 0 saturated heterocycles. The monoisotopic (exact) mass is 331 g/mol. The minimum absolute atomic E-state index is 0.0597. The molecule has 0 heterocycles. The zero-order chi connectivity index (χ0) is 17.7. The number of para-hydroxylation sites is 1. The van der Waals surface area contributed by atoms with Crippen molar-refractivity contribution in [3.8, 4) is 11.5 Å². The molecule has 0 spiro atoms. The minimum atomic E-state index is -0.627. The fourth-order valence-electron chi connectivity index (χ4n) is 2.54. The Bertz CT molecular complexity index is 842. The summed E-state index contributed by atoms with van der Waals surface area (Å²) in [5.74, 6) is 1.38. The Kier molecular flexibility index (Phi) is 4.85. The fraction of sp³-hybridized carbons (Fsp3) is 0.136. The van der Waals surface area contributed by atoms with Gasteiger partial charge in [-0.2, -0.15) is 0 Å². The normalized spacial score (nSPS) is 11.0. The van der Waals surface area contributed by atoms with Gasteiger partial charge in [0.1, 0.15) is 11.5 Å². The molecule has 0 bridgehead atoms. The summed E-state index contributed by atoms with van der Waals surface area (Å²) in [5.41, 5.74) is 1.06. The molecule has 3 heteroatoms. The molecule has 0 atom stereocenters. The number of hydrogen-bond acceptors (Lipinski definition) is 2. The summed E-state index contributed by atoms with van der Waals surface area (Å²) < 4.78 is 5.82. The van der Waals surface area contributed by atoms with Gasteiger partial charge in [-0.3, -0.25) is 4.79 Å². The summed E-state index contributed by atoms with van der Waals surface area (Å²) in [5, 5.41) is 2.99. The Morgan fingerprint density at radius 2 is 1.40 bits per heavy atom. The number of carbonyl (C=O) groups excluding carboxylic acids is 1. The summed E-state index contributed by atoms with van der Waals surface area (Å²) in [7, 11) is 0. The maximum Gasteiger partial charge on any atom is 0.234 e. The van der Waals surface area contributed by atoms with Crippen LogP contribution in [0.3, 0.4) is 0 Å². The van der Waals surface area contributed by atoms with Crippen LogP contribution in [0.15, 0.2) is 84.9 Å². The van der Waals surface area contributed by atoms with Gasteiger partial charge in [0.15, 0.2) is 0 Å². The Hall–Kier alpha value is -3.07. The standard InChI is InChI=1S/C22H21NO2/c1-22(2,17-10-5-3-6-11-17)21(24)23-18-12-9-15-20(16-18)25-19-13-7-4-8-14-19/h3-16H,1-2H3,(H,23,24). The molecule has 0 saturated carbocycles. The minimum Gasteiger partial charge on any atom is -0.457 e. The third kappa shape index (κ3) is 4.07. The predicted molar refractivity (Wildman–Crippen MR) is 101 cm³/mol. The van der Waals surface area contributed by atoms with E-state index in [0.29, 0.717) is 11.4 Å². The van der Waals surface area contributed by atoms with E-state index in [1.807, 2.05) is 98.8 Å². The van der Waals surface area contributed by atoms with E-state index in [1.165, 1.54) is 0 Å². The van der Waals surface area contributed by atoms with Crippen LogP contribution in [-0.4, -0.2) is 5.91 Å². The zero-order valence-corrected chi connectivity index (χ0v) is 14.4. The van der Waals surface area contributed by atoms with Gasteiger partial charge in [0.2, 0.25) is 5.91 Å². The third-order valence-electron chi connectivity index (χ3n) is 4.13. The molecule has 3 nitrogen and oxygen atoms in total. The lowest BCUT2D eigenvalue weighted by Crippen LogP contribution is -2.34. The lowest BCUT2D eigenvalue weighted by atomic mass is 9.83. The van der Waals surface area contributed by atoms with Crippen molar-refractivity contribution in [2.75, 3.05) is 5.32 Å². The van der Waals surface area contributed by atoms with Crippen LogP contribution in [0.2, 0.25) is 0 Å². The number of benzene rings is 3. The van der Waals surface area contributed by atoms with Crippen molar-refractivity contribution in [2.45, 2.75) is 19.3 Å². The van der Waals surface area contributed by atoms with E-state index < -0.39 is 5.41 Å². The molecule has 0 radical (unpaired) electrons. The molecule has 0 aromatic heterocycles. The van der Waals surface area contributed by atoms with Crippen molar-refractivity contribution in [2.24, 2.45) is 0 Å². The first kappa shape index (κ1) is 16.8. The summed E-state index contributed by atoms with van der Waals surface area (Å²) >= 11 is 0. The highest BCUT2D eigenvalue weighted by Gasteiger charge is 2.29. The van der Waals surface area contributed by atoms with E-state index in [1.54, 1.807) is 0 Å². The van der Waals surface area contributed by atoms with Crippen molar-refractivity contribution in [1.29, 1.82) is 0 Å². The Labute approximate surface area is 148 Å². The first-order valence-electron chi connectivity index (χ1n) is 8.26. The smallest absolute Gasteiger partial charge is 0.234 e. The van der Waals surface area contributed by atoms with Crippen LogP contribution < -0.4 is 10.1 Å². The molecular weight excluding hydrogens is 310 g/mol. The van der Waals surface area contributed by atoms with E-state index >= 15 is 0 Å². The SMILES string of the molecule is CC(C)(C(=O)Nc1cccc(Oc2ccccc2)c1)c1ccccc1. The predicted octanol–water partition coefficient (Wildman–Crippen LogP) is 5.40. The van der Waals surface area contributed by atoms with Gasteiger partial charge >= 0.3 is 0 Å². The molecule has 3 rings (SSSR count). The van der Waals surface area contributed by atoms with Gasteiger partial charge in [-0.25, -0.2) is 0 Å². The van der Waals surface area contributed by atoms with Crippen molar-refractivity contribution in [3.63, 3.8) is 0 Å². The molecular formula is C22H21NO2. The van der Waals surface area contributed by atoms with Gasteiger partial charge in [-0.1, -0.05) is 54.6 Å². The van der Waals surface area contributed by atoms with Crippen LogP contribution in [0.25, 0.3) is 0 Å². The van der Waals surface area contributed by atoms with E-state index in [-0.39, 0.29) is 5.91 Å². The molecule has 3 aromatic carbocycles. The quantitative estimate of drug-likeness (QED) is 0.680. The lowest BCUT2D eigenvalue weighted by molar-refractivity contribution is -0.120. The van der Waals surface area contributed by atoms with Gasteiger partial charge in [-0.15, -0.1) is 0 Å². The largest absolute Gasteiger partial charge is 0.457 e. The van der Waals surface area contributed by atoms with Crippen molar-refractivity contribution in [1.82, 2.24) is 0 Å². The molecule has 25 heavy (non-hydrogen) atoms. The van der Waals surface area contributed by atoms with E-state index in [4.69, 9.17) is 4.74 Å². The average molecular weight is 331 g/mol. The molecule has 126 valence electrons. The van der Waals surface area contributed by atoms with E-state index in [9.17, 15) is 4.79 Å². The summed E-state index contributed by atoms with van der Waals surface area (Å²) in [6, 6.07) is 26.7. The van der Waals surface area contributed by atoms with Crippen LogP contribution in [0.4, 0.5) is 5.69 Å². The summed E-state index contributed by atoms with van der Waals surface area (Å²) in [6.45, 7) is 3.84. The lowest BCUT2D eigenvalue weighted by Gasteiger charge is -2.24. The molecule has 3 aromatic rings. The van der Waals surface area contributed by atoms with Gasteiger partial charge in [-0.05, 0) is 43.7 Å². The molecule has 1 N–H and O–H groups in total. The van der Waals surface area contributed by atoms with Crippen molar-refractivity contribution < 1.29 is 9.53 Å². The summed E-state index contributed by atoms with van der Waals surface area (Å²) in [6.07, 6.45) is 0. The van der Waals surface area contributed by atoms with Crippen molar-refractivity contribution in [3.05, 3.63) is 90.5 Å². The third-order valence-corrected chi connectivity index (χ3v) is 4.13. The number of anilines is 1. The van der Waals surface area contributed by atoms with Crippen LogP contribution >= 0.6 is 0 Å². The first-order chi connectivity index (χ1) is 12.1. The number of carbonyl (C=O) groups is 1. The van der Waals surface area contributed by atoms with Gasteiger partial charge < -0.3 is 10.1 Å². The van der Waals surface area contributed by atoms with Crippen LogP contribution in [0.5, 0.6) is 11.5 Å². The van der Waals surface area contributed by atoms with Crippen molar-refractivity contribution >= 4 is 11.6 Å². The average Bonchev–Trinajstić information content (AvgIpc) is 2.63.